The molecule has 1 aromatic heterocycles. The van der Waals surface area contributed by atoms with Crippen LogP contribution in [0.3, 0.4) is 0 Å². The Morgan fingerprint density at radius 1 is 0.973 bits per heavy atom. The molecule has 3 fully saturated rings. The highest BCUT2D eigenvalue weighted by Crippen LogP contribution is 2.42. The monoisotopic (exact) mass is 530 g/mol. The van der Waals surface area contributed by atoms with Crippen LogP contribution in [0.5, 0.6) is 5.75 Å². The number of ether oxygens (including phenoxy) is 2. The number of halogens is 6. The molecule has 3 atom stereocenters. The number of nitrogens with zero attached hydrogens (tertiary/aromatic N) is 3. The molecule has 0 amide bonds. The van der Waals surface area contributed by atoms with Crippen LogP contribution >= 0.6 is 0 Å². The number of benzene rings is 1. The lowest BCUT2D eigenvalue weighted by Gasteiger charge is -2.28. The van der Waals surface area contributed by atoms with E-state index in [0.717, 1.165) is 70.7 Å². The van der Waals surface area contributed by atoms with E-state index in [2.05, 4.69) is 25.2 Å². The van der Waals surface area contributed by atoms with Crippen LogP contribution in [0.1, 0.15) is 31.2 Å². The van der Waals surface area contributed by atoms with Gasteiger partial charge in [0, 0.05) is 44.5 Å². The first-order valence-corrected chi connectivity index (χ1v) is 12.4. The van der Waals surface area contributed by atoms with Crippen LogP contribution in [0.2, 0.25) is 0 Å². The summed E-state index contributed by atoms with van der Waals surface area (Å²) in [5.74, 6) is 0.397. The summed E-state index contributed by atoms with van der Waals surface area (Å²) in [6.07, 6.45) is -6.17. The van der Waals surface area contributed by atoms with Gasteiger partial charge in [-0.15, -0.1) is 23.4 Å². The Labute approximate surface area is 210 Å². The van der Waals surface area contributed by atoms with Crippen molar-refractivity contribution in [3.63, 3.8) is 0 Å². The molecule has 5 rings (SSSR count). The van der Waals surface area contributed by atoms with Gasteiger partial charge in [-0.25, -0.2) is 0 Å². The van der Waals surface area contributed by atoms with Gasteiger partial charge in [-0.05, 0) is 61.6 Å². The summed E-state index contributed by atoms with van der Waals surface area (Å²) in [6, 6.07) is 5.46. The number of para-hydroxylation sites is 1. The van der Waals surface area contributed by atoms with Gasteiger partial charge in [0.05, 0.1) is 5.69 Å². The van der Waals surface area contributed by atoms with Crippen LogP contribution in [0.15, 0.2) is 30.3 Å². The molecule has 12 heteroatoms. The van der Waals surface area contributed by atoms with Gasteiger partial charge in [-0.1, -0.05) is 12.1 Å². The molecule has 2 aromatic rings. The molecule has 0 radical (unpaired) electrons. The van der Waals surface area contributed by atoms with Crippen molar-refractivity contribution in [2.24, 2.45) is 17.8 Å². The Kier molecular flexibility index (Phi) is 7.23. The van der Waals surface area contributed by atoms with E-state index in [-0.39, 0.29) is 17.3 Å². The average Bonchev–Trinajstić information content (AvgIpc) is 3.36. The van der Waals surface area contributed by atoms with Gasteiger partial charge in [-0.3, -0.25) is 0 Å². The molecule has 3 heterocycles. The predicted molar refractivity (Wildman–Crippen MR) is 123 cm³/mol. The van der Waals surface area contributed by atoms with E-state index in [0.29, 0.717) is 17.8 Å². The third-order valence-electron chi connectivity index (χ3n) is 7.51. The Bertz CT molecular complexity index is 1080. The molecule has 6 nitrogen and oxygen atoms in total. The van der Waals surface area contributed by atoms with Gasteiger partial charge in [-0.2, -0.15) is 13.2 Å². The summed E-state index contributed by atoms with van der Waals surface area (Å²) in [5, 5.41) is 10.5. The van der Waals surface area contributed by atoms with Gasteiger partial charge in [0.1, 0.15) is 11.3 Å². The quantitative estimate of drug-likeness (QED) is 0.490. The Balaban J connectivity index is 1.28. The molecule has 0 bridgehead atoms. The van der Waals surface area contributed by atoms with Crippen LogP contribution in [0.4, 0.5) is 32.2 Å². The number of hydrogen-bond acceptors (Lipinski definition) is 6. The number of nitrogens with one attached hydrogen (secondary N) is 1. The van der Waals surface area contributed by atoms with E-state index in [4.69, 9.17) is 4.74 Å². The molecule has 3 aliphatic rings. The molecule has 1 aliphatic carbocycles. The van der Waals surface area contributed by atoms with Gasteiger partial charge in [0.15, 0.2) is 5.82 Å². The summed E-state index contributed by atoms with van der Waals surface area (Å²) in [5.41, 5.74) is -1.66. The topological polar surface area (TPSA) is 59.5 Å². The fourth-order valence-electron chi connectivity index (χ4n) is 5.89. The third-order valence-corrected chi connectivity index (χ3v) is 7.51. The zero-order chi connectivity index (χ0) is 26.2. The fourth-order valence-corrected chi connectivity index (χ4v) is 5.89. The van der Waals surface area contributed by atoms with Crippen molar-refractivity contribution in [2.75, 3.05) is 38.2 Å². The molecule has 37 heavy (non-hydrogen) atoms. The van der Waals surface area contributed by atoms with E-state index in [1.54, 1.807) is 0 Å². The van der Waals surface area contributed by atoms with Crippen LogP contribution in [0, 0.1) is 17.8 Å². The molecule has 1 unspecified atom stereocenters. The maximum atomic E-state index is 14.0. The zero-order valence-corrected chi connectivity index (χ0v) is 20.0. The number of aromatic nitrogens is 2. The molecule has 1 saturated carbocycles. The summed E-state index contributed by atoms with van der Waals surface area (Å²) >= 11 is 0. The molecule has 2 saturated heterocycles. The van der Waals surface area contributed by atoms with E-state index < -0.39 is 29.7 Å². The second-order valence-electron chi connectivity index (χ2n) is 10.1. The largest absolute Gasteiger partial charge is 0.573 e. The highest BCUT2D eigenvalue weighted by atomic mass is 19.4. The smallest absolute Gasteiger partial charge is 0.405 e. The first-order chi connectivity index (χ1) is 17.5. The van der Waals surface area contributed by atoms with E-state index in [9.17, 15) is 26.3 Å². The number of alkyl halides is 6. The minimum Gasteiger partial charge on any atom is -0.405 e. The van der Waals surface area contributed by atoms with Crippen molar-refractivity contribution in [3.05, 3.63) is 35.9 Å². The van der Waals surface area contributed by atoms with E-state index in [1.807, 2.05) is 0 Å². The minimum atomic E-state index is -5.00. The predicted octanol–water partition coefficient (Wildman–Crippen LogP) is 5.61. The van der Waals surface area contributed by atoms with Crippen LogP contribution in [0.25, 0.3) is 11.3 Å². The molecular weight excluding hydrogens is 502 g/mol. The summed E-state index contributed by atoms with van der Waals surface area (Å²) in [7, 11) is 0. The first-order valence-electron chi connectivity index (χ1n) is 12.4. The molecule has 1 aromatic carbocycles. The van der Waals surface area contributed by atoms with Crippen LogP contribution in [-0.4, -0.2) is 60.3 Å². The molecule has 1 N–H and O–H groups in total. The number of fused-ring (bicyclic) bond motifs is 1. The van der Waals surface area contributed by atoms with Crippen molar-refractivity contribution in [3.8, 4) is 17.0 Å². The SMILES string of the molecule is FC(F)(F)Oc1ccccc1-c1cc(C(F)(F)F)c(NC2C[C@@H]3CN(CC4CCOCC4)C[C@@H]3C2)nn1. The first kappa shape index (κ1) is 26.0. The fraction of sp³-hybridized carbons (Fsp3) is 0.600. The third kappa shape index (κ3) is 6.28. The Morgan fingerprint density at radius 2 is 1.65 bits per heavy atom. The van der Waals surface area contributed by atoms with Crippen molar-refractivity contribution in [2.45, 2.75) is 44.3 Å². The minimum absolute atomic E-state index is 0.178. The zero-order valence-electron chi connectivity index (χ0n) is 20.0. The average molecular weight is 531 g/mol. The summed E-state index contributed by atoms with van der Waals surface area (Å²) in [4.78, 5) is 2.47. The Morgan fingerprint density at radius 3 is 2.30 bits per heavy atom. The second-order valence-corrected chi connectivity index (χ2v) is 10.1. The molecule has 202 valence electrons. The Hall–Kier alpha value is -2.60. The van der Waals surface area contributed by atoms with Crippen molar-refractivity contribution in [1.82, 2.24) is 15.1 Å². The number of likely N-dealkylation sites (tertiary alicyclic amines) is 1. The van der Waals surface area contributed by atoms with Crippen LogP contribution < -0.4 is 10.1 Å². The number of hydrogen-bond donors (Lipinski definition) is 1. The van der Waals surface area contributed by atoms with E-state index in [1.165, 1.54) is 18.2 Å². The highest BCUT2D eigenvalue weighted by molar-refractivity contribution is 5.69. The lowest BCUT2D eigenvalue weighted by Crippen LogP contribution is -2.32. The van der Waals surface area contributed by atoms with Crippen molar-refractivity contribution in [1.29, 1.82) is 0 Å². The maximum Gasteiger partial charge on any atom is 0.573 e. The maximum absolute atomic E-state index is 14.0. The standard InChI is InChI=1S/C25H28F6N4O2/c26-24(27,28)20-11-21(19-3-1-2-4-22(19)37-25(29,30)31)33-34-23(20)32-18-9-16-13-35(14-17(16)10-18)12-15-5-7-36-8-6-15/h1-4,11,15-18H,5-10,12-14H2,(H,32,34)/t16-,17+,18?. The van der Waals surface area contributed by atoms with Crippen LogP contribution in [-0.2, 0) is 10.9 Å². The lowest BCUT2D eigenvalue weighted by molar-refractivity contribution is -0.274. The van der Waals surface area contributed by atoms with Crippen molar-refractivity contribution >= 4 is 5.82 Å². The summed E-state index contributed by atoms with van der Waals surface area (Å²) in [6.45, 7) is 4.53. The normalized spacial score (nSPS) is 25.3. The van der Waals surface area contributed by atoms with Crippen molar-refractivity contribution < 1.29 is 35.8 Å². The van der Waals surface area contributed by atoms with Gasteiger partial charge in [0.25, 0.3) is 0 Å². The van der Waals surface area contributed by atoms with Gasteiger partial charge < -0.3 is 19.7 Å². The molecule has 0 spiro atoms. The highest BCUT2D eigenvalue weighted by Gasteiger charge is 2.43. The summed E-state index contributed by atoms with van der Waals surface area (Å²) < 4.78 is 89.6. The molecule has 2 aliphatic heterocycles. The number of rotatable bonds is 6. The number of anilines is 1. The van der Waals surface area contributed by atoms with E-state index >= 15 is 0 Å². The lowest BCUT2D eigenvalue weighted by atomic mass is 10.00. The molecular formula is C25H28F6N4O2. The second kappa shape index (κ2) is 10.3. The van der Waals surface area contributed by atoms with Gasteiger partial charge >= 0.3 is 12.5 Å². The van der Waals surface area contributed by atoms with Gasteiger partial charge in [0.2, 0.25) is 0 Å².